The maximum absolute atomic E-state index is 14.1. The molecular weight excluding hydrogens is 329 g/mol. The van der Waals surface area contributed by atoms with Crippen molar-refractivity contribution in [2.24, 2.45) is 0 Å². The smallest absolute Gasteiger partial charge is 0.128 e. The summed E-state index contributed by atoms with van der Waals surface area (Å²) >= 11 is 3.43. The Kier molecular flexibility index (Phi) is 5.95. The van der Waals surface area contributed by atoms with Crippen LogP contribution in [0, 0.1) is 12.7 Å². The number of nitrogens with one attached hydrogen (secondary N) is 1. The highest BCUT2D eigenvalue weighted by Crippen LogP contribution is 2.25. The van der Waals surface area contributed by atoms with E-state index in [4.69, 9.17) is 0 Å². The molecule has 0 amide bonds. The molecule has 0 fully saturated rings. The van der Waals surface area contributed by atoms with Gasteiger partial charge in [0.15, 0.2) is 0 Å². The van der Waals surface area contributed by atoms with Crippen molar-refractivity contribution in [2.45, 2.75) is 32.7 Å². The van der Waals surface area contributed by atoms with Crippen LogP contribution in [0.3, 0.4) is 0 Å². The summed E-state index contributed by atoms with van der Waals surface area (Å²) in [6.07, 6.45) is 1.81. The van der Waals surface area contributed by atoms with E-state index in [2.05, 4.69) is 59.4 Å². The van der Waals surface area contributed by atoms with E-state index in [1.54, 1.807) is 6.07 Å². The van der Waals surface area contributed by atoms with Gasteiger partial charge in [0, 0.05) is 16.1 Å². The van der Waals surface area contributed by atoms with Crippen molar-refractivity contribution in [2.75, 3.05) is 6.54 Å². The summed E-state index contributed by atoms with van der Waals surface area (Å²) in [5.74, 6) is -0.145. The first kappa shape index (κ1) is 16.2. The lowest BCUT2D eigenvalue weighted by molar-refractivity contribution is 0.485. The molecule has 0 spiro atoms. The number of aryl methyl sites for hydroxylation is 2. The van der Waals surface area contributed by atoms with Gasteiger partial charge in [0.05, 0.1) is 0 Å². The standard InChI is InChI=1S/C18H21BrFN/c1-3-21-18(16-12-15(19)9-10-17(16)20)11-8-14-6-4-13(2)5-7-14/h4-7,9-10,12,18,21H,3,8,11H2,1-2H3. The summed E-state index contributed by atoms with van der Waals surface area (Å²) in [6, 6.07) is 13.7. The summed E-state index contributed by atoms with van der Waals surface area (Å²) < 4.78 is 15.0. The summed E-state index contributed by atoms with van der Waals surface area (Å²) in [5.41, 5.74) is 3.29. The molecule has 1 N–H and O–H groups in total. The van der Waals surface area contributed by atoms with Crippen molar-refractivity contribution in [1.82, 2.24) is 5.32 Å². The lowest BCUT2D eigenvalue weighted by Gasteiger charge is -2.19. The lowest BCUT2D eigenvalue weighted by atomic mass is 9.98. The van der Waals surface area contributed by atoms with Gasteiger partial charge in [-0.05, 0) is 50.1 Å². The highest BCUT2D eigenvalue weighted by molar-refractivity contribution is 9.10. The molecule has 0 bridgehead atoms. The van der Waals surface area contributed by atoms with Gasteiger partial charge < -0.3 is 5.32 Å². The third-order valence-corrected chi connectivity index (χ3v) is 4.12. The number of benzene rings is 2. The second-order valence-corrected chi connectivity index (χ2v) is 6.22. The fraction of sp³-hybridized carbons (Fsp3) is 0.333. The molecule has 0 aliphatic rings. The maximum atomic E-state index is 14.1. The highest BCUT2D eigenvalue weighted by atomic mass is 79.9. The van der Waals surface area contributed by atoms with E-state index in [-0.39, 0.29) is 11.9 Å². The first-order valence-corrected chi connectivity index (χ1v) is 8.13. The third kappa shape index (κ3) is 4.65. The van der Waals surface area contributed by atoms with Gasteiger partial charge in [-0.2, -0.15) is 0 Å². The van der Waals surface area contributed by atoms with E-state index >= 15 is 0 Å². The molecule has 1 unspecified atom stereocenters. The van der Waals surface area contributed by atoms with Crippen molar-refractivity contribution in [3.63, 3.8) is 0 Å². The van der Waals surface area contributed by atoms with E-state index in [0.717, 1.165) is 29.4 Å². The van der Waals surface area contributed by atoms with Crippen LogP contribution in [0.5, 0.6) is 0 Å². The van der Waals surface area contributed by atoms with Gasteiger partial charge in [-0.1, -0.05) is 52.7 Å². The van der Waals surface area contributed by atoms with E-state index < -0.39 is 0 Å². The summed E-state index contributed by atoms with van der Waals surface area (Å²) in [7, 11) is 0. The first-order chi connectivity index (χ1) is 10.1. The minimum Gasteiger partial charge on any atom is -0.310 e. The first-order valence-electron chi connectivity index (χ1n) is 7.34. The normalized spacial score (nSPS) is 12.4. The Labute approximate surface area is 134 Å². The summed E-state index contributed by atoms with van der Waals surface area (Å²) in [5, 5.41) is 3.39. The number of hydrogen-bond donors (Lipinski definition) is 1. The minimum atomic E-state index is -0.145. The highest BCUT2D eigenvalue weighted by Gasteiger charge is 2.15. The van der Waals surface area contributed by atoms with E-state index in [0.29, 0.717) is 0 Å². The molecule has 21 heavy (non-hydrogen) atoms. The number of rotatable bonds is 6. The number of halogens is 2. The van der Waals surface area contributed by atoms with Crippen LogP contribution in [0.2, 0.25) is 0 Å². The molecule has 2 aromatic rings. The quantitative estimate of drug-likeness (QED) is 0.757. The Morgan fingerprint density at radius 1 is 1.14 bits per heavy atom. The van der Waals surface area contributed by atoms with Crippen LogP contribution < -0.4 is 5.32 Å². The van der Waals surface area contributed by atoms with Crippen LogP contribution >= 0.6 is 15.9 Å². The molecule has 3 heteroatoms. The molecule has 0 heterocycles. The Bertz CT molecular complexity index is 580. The van der Waals surface area contributed by atoms with E-state index in [1.165, 1.54) is 17.2 Å². The zero-order valence-electron chi connectivity index (χ0n) is 12.5. The molecule has 1 nitrogen and oxygen atoms in total. The Morgan fingerprint density at radius 3 is 2.52 bits per heavy atom. The van der Waals surface area contributed by atoms with Crippen LogP contribution in [0.15, 0.2) is 46.9 Å². The topological polar surface area (TPSA) is 12.0 Å². The molecule has 2 aromatic carbocycles. The lowest BCUT2D eigenvalue weighted by Crippen LogP contribution is -2.22. The fourth-order valence-corrected chi connectivity index (χ4v) is 2.84. The monoisotopic (exact) mass is 349 g/mol. The van der Waals surface area contributed by atoms with Gasteiger partial charge >= 0.3 is 0 Å². The molecule has 0 radical (unpaired) electrons. The minimum absolute atomic E-state index is 0.0359. The van der Waals surface area contributed by atoms with Gasteiger partial charge in [-0.3, -0.25) is 0 Å². The van der Waals surface area contributed by atoms with E-state index in [1.807, 2.05) is 6.07 Å². The largest absolute Gasteiger partial charge is 0.310 e. The molecule has 2 rings (SSSR count). The van der Waals surface area contributed by atoms with Gasteiger partial charge in [-0.15, -0.1) is 0 Å². The second-order valence-electron chi connectivity index (χ2n) is 5.30. The Balaban J connectivity index is 2.11. The molecule has 0 aromatic heterocycles. The Morgan fingerprint density at radius 2 is 1.86 bits per heavy atom. The molecule has 112 valence electrons. The van der Waals surface area contributed by atoms with Crippen molar-refractivity contribution in [3.8, 4) is 0 Å². The van der Waals surface area contributed by atoms with Gasteiger partial charge in [0.1, 0.15) is 5.82 Å². The van der Waals surface area contributed by atoms with Crippen molar-refractivity contribution in [3.05, 3.63) is 69.4 Å². The molecule has 0 aliphatic carbocycles. The molecule has 1 atom stereocenters. The zero-order valence-corrected chi connectivity index (χ0v) is 14.1. The van der Waals surface area contributed by atoms with Crippen molar-refractivity contribution in [1.29, 1.82) is 0 Å². The predicted octanol–water partition coefficient (Wildman–Crippen LogP) is 5.18. The Hall–Kier alpha value is -1.19. The van der Waals surface area contributed by atoms with Crippen molar-refractivity contribution < 1.29 is 4.39 Å². The molecular formula is C18H21BrFN. The second kappa shape index (κ2) is 7.71. The SMILES string of the molecule is CCNC(CCc1ccc(C)cc1)c1cc(Br)ccc1F. The number of hydrogen-bond acceptors (Lipinski definition) is 1. The zero-order chi connectivity index (χ0) is 15.2. The average molecular weight is 350 g/mol. The van der Waals surface area contributed by atoms with Gasteiger partial charge in [0.2, 0.25) is 0 Å². The average Bonchev–Trinajstić information content (AvgIpc) is 2.48. The van der Waals surface area contributed by atoms with E-state index in [9.17, 15) is 4.39 Å². The van der Waals surface area contributed by atoms with Gasteiger partial charge in [-0.25, -0.2) is 4.39 Å². The van der Waals surface area contributed by atoms with Crippen LogP contribution in [-0.2, 0) is 6.42 Å². The summed E-state index contributed by atoms with van der Waals surface area (Å²) in [4.78, 5) is 0. The molecule has 0 aliphatic heterocycles. The fourth-order valence-electron chi connectivity index (χ4n) is 2.46. The molecule has 0 saturated carbocycles. The van der Waals surface area contributed by atoms with Gasteiger partial charge in [0.25, 0.3) is 0 Å². The van der Waals surface area contributed by atoms with Crippen LogP contribution in [0.4, 0.5) is 4.39 Å². The van der Waals surface area contributed by atoms with Crippen LogP contribution in [0.25, 0.3) is 0 Å². The molecule has 0 saturated heterocycles. The van der Waals surface area contributed by atoms with Crippen LogP contribution in [0.1, 0.15) is 36.1 Å². The van der Waals surface area contributed by atoms with Crippen molar-refractivity contribution >= 4 is 15.9 Å². The summed E-state index contributed by atoms with van der Waals surface area (Å²) in [6.45, 7) is 4.96. The predicted molar refractivity (Wildman–Crippen MR) is 90.0 cm³/mol. The van der Waals surface area contributed by atoms with Crippen LogP contribution in [-0.4, -0.2) is 6.54 Å². The third-order valence-electron chi connectivity index (χ3n) is 3.63. The maximum Gasteiger partial charge on any atom is 0.128 e.